The van der Waals surface area contributed by atoms with Crippen LogP contribution in [0.25, 0.3) is 0 Å². The van der Waals surface area contributed by atoms with Gasteiger partial charge in [0.15, 0.2) is 11.4 Å². The summed E-state index contributed by atoms with van der Waals surface area (Å²) in [6.45, 7) is 5.10. The standard InChI is InChI=1S/C12H19N3O4/c1-8(7-19-4)10(16)13-9-5-6-15(14-9)12(2,3)11(17)18/h5-6,8H,7H2,1-4H3,(H,17,18)(H,13,14,16). The van der Waals surface area contributed by atoms with Crippen LogP contribution in [-0.4, -0.2) is 40.5 Å². The molecule has 1 atom stereocenters. The molecule has 7 heteroatoms. The highest BCUT2D eigenvalue weighted by Gasteiger charge is 2.30. The van der Waals surface area contributed by atoms with Crippen molar-refractivity contribution in [1.82, 2.24) is 9.78 Å². The third-order valence-corrected chi connectivity index (χ3v) is 2.80. The minimum absolute atomic E-state index is 0.222. The van der Waals surface area contributed by atoms with E-state index in [9.17, 15) is 9.59 Å². The Morgan fingerprint density at radius 3 is 2.74 bits per heavy atom. The van der Waals surface area contributed by atoms with Crippen LogP contribution in [0.3, 0.4) is 0 Å². The number of amides is 1. The summed E-state index contributed by atoms with van der Waals surface area (Å²) >= 11 is 0. The molecule has 1 unspecified atom stereocenters. The summed E-state index contributed by atoms with van der Waals surface area (Å²) in [5.41, 5.74) is -1.17. The van der Waals surface area contributed by atoms with E-state index in [-0.39, 0.29) is 11.8 Å². The summed E-state index contributed by atoms with van der Waals surface area (Å²) in [6.07, 6.45) is 1.52. The van der Waals surface area contributed by atoms with E-state index in [1.54, 1.807) is 13.0 Å². The molecule has 0 aliphatic carbocycles. The molecule has 1 heterocycles. The fourth-order valence-corrected chi connectivity index (χ4v) is 1.38. The number of rotatable bonds is 6. The summed E-state index contributed by atoms with van der Waals surface area (Å²) in [5.74, 6) is -1.20. The van der Waals surface area contributed by atoms with Crippen LogP contribution in [0.4, 0.5) is 5.82 Å². The Labute approximate surface area is 111 Å². The Hall–Kier alpha value is -1.89. The lowest BCUT2D eigenvalue weighted by molar-refractivity contribution is -0.146. The van der Waals surface area contributed by atoms with Crippen molar-refractivity contribution in [3.8, 4) is 0 Å². The maximum atomic E-state index is 11.7. The van der Waals surface area contributed by atoms with Gasteiger partial charge in [-0.3, -0.25) is 9.48 Å². The van der Waals surface area contributed by atoms with E-state index in [0.29, 0.717) is 12.4 Å². The predicted molar refractivity (Wildman–Crippen MR) is 68.9 cm³/mol. The molecule has 19 heavy (non-hydrogen) atoms. The fraction of sp³-hybridized carbons (Fsp3) is 0.583. The van der Waals surface area contributed by atoms with Crippen molar-refractivity contribution in [3.05, 3.63) is 12.3 Å². The van der Waals surface area contributed by atoms with Gasteiger partial charge in [-0.15, -0.1) is 0 Å². The first-order valence-corrected chi connectivity index (χ1v) is 5.88. The Morgan fingerprint density at radius 1 is 1.58 bits per heavy atom. The molecule has 0 radical (unpaired) electrons. The van der Waals surface area contributed by atoms with E-state index in [0.717, 1.165) is 0 Å². The molecule has 2 N–H and O–H groups in total. The first-order valence-electron chi connectivity index (χ1n) is 5.88. The van der Waals surface area contributed by atoms with Crippen molar-refractivity contribution in [1.29, 1.82) is 0 Å². The van der Waals surface area contributed by atoms with E-state index in [4.69, 9.17) is 9.84 Å². The number of methoxy groups -OCH3 is 1. The molecule has 1 amide bonds. The number of hydrogen-bond donors (Lipinski definition) is 2. The molecule has 0 spiro atoms. The molecule has 0 saturated carbocycles. The van der Waals surface area contributed by atoms with Gasteiger partial charge in [0.05, 0.1) is 12.5 Å². The predicted octanol–water partition coefficient (Wildman–Crippen LogP) is 0.924. The van der Waals surface area contributed by atoms with Crippen LogP contribution in [-0.2, 0) is 19.9 Å². The highest BCUT2D eigenvalue weighted by Crippen LogP contribution is 2.16. The average molecular weight is 269 g/mol. The maximum Gasteiger partial charge on any atom is 0.331 e. The van der Waals surface area contributed by atoms with Gasteiger partial charge in [0.1, 0.15) is 0 Å². The average Bonchev–Trinajstić information content (AvgIpc) is 2.78. The monoisotopic (exact) mass is 269 g/mol. The summed E-state index contributed by atoms with van der Waals surface area (Å²) in [5, 5.41) is 15.7. The van der Waals surface area contributed by atoms with Crippen molar-refractivity contribution in [2.45, 2.75) is 26.3 Å². The molecule has 0 aromatic carbocycles. The first kappa shape index (κ1) is 15.2. The van der Waals surface area contributed by atoms with E-state index in [1.807, 2.05) is 0 Å². The number of carboxylic acid groups (broad SMARTS) is 1. The second-order valence-electron chi connectivity index (χ2n) is 4.86. The molecule has 0 bridgehead atoms. The number of nitrogens with zero attached hydrogens (tertiary/aromatic N) is 2. The van der Waals surface area contributed by atoms with Crippen molar-refractivity contribution in [3.63, 3.8) is 0 Å². The Morgan fingerprint density at radius 2 is 2.21 bits per heavy atom. The third kappa shape index (κ3) is 3.54. The van der Waals surface area contributed by atoms with Crippen LogP contribution in [0.1, 0.15) is 20.8 Å². The van der Waals surface area contributed by atoms with Gasteiger partial charge >= 0.3 is 5.97 Å². The number of carbonyl (C=O) groups is 2. The van der Waals surface area contributed by atoms with Gasteiger partial charge in [-0.1, -0.05) is 6.92 Å². The number of nitrogens with one attached hydrogen (secondary N) is 1. The lowest BCUT2D eigenvalue weighted by Crippen LogP contribution is -2.36. The number of aliphatic carboxylic acids is 1. The van der Waals surface area contributed by atoms with Gasteiger partial charge in [-0.25, -0.2) is 4.79 Å². The molecule has 106 valence electrons. The van der Waals surface area contributed by atoms with Crippen LogP contribution in [0, 0.1) is 5.92 Å². The number of hydrogen-bond acceptors (Lipinski definition) is 4. The first-order chi connectivity index (χ1) is 8.78. The zero-order valence-corrected chi connectivity index (χ0v) is 11.5. The molecule has 0 fully saturated rings. The summed E-state index contributed by atoms with van der Waals surface area (Å²) in [4.78, 5) is 22.8. The minimum atomic E-state index is -1.17. The largest absolute Gasteiger partial charge is 0.479 e. The topological polar surface area (TPSA) is 93.5 Å². The van der Waals surface area contributed by atoms with Crippen molar-refractivity contribution in [2.75, 3.05) is 19.0 Å². The molecule has 1 aromatic heterocycles. The van der Waals surface area contributed by atoms with Crippen molar-refractivity contribution >= 4 is 17.7 Å². The lowest BCUT2D eigenvalue weighted by Gasteiger charge is -2.19. The molecule has 0 saturated heterocycles. The normalized spacial score (nSPS) is 13.1. The third-order valence-electron chi connectivity index (χ3n) is 2.80. The van der Waals surface area contributed by atoms with E-state index in [2.05, 4.69) is 10.4 Å². The molecular weight excluding hydrogens is 250 g/mol. The van der Waals surface area contributed by atoms with Gasteiger partial charge in [0.2, 0.25) is 5.91 Å². The Bertz CT molecular complexity index is 467. The maximum absolute atomic E-state index is 11.7. The zero-order chi connectivity index (χ0) is 14.6. The quantitative estimate of drug-likeness (QED) is 0.801. The number of carbonyl (C=O) groups excluding carboxylic acids is 1. The highest BCUT2D eigenvalue weighted by atomic mass is 16.5. The smallest absolute Gasteiger partial charge is 0.331 e. The van der Waals surface area contributed by atoms with Gasteiger partial charge in [0.25, 0.3) is 0 Å². The summed E-state index contributed by atoms with van der Waals surface area (Å²) in [7, 11) is 1.52. The summed E-state index contributed by atoms with van der Waals surface area (Å²) in [6, 6.07) is 1.56. The number of ether oxygens (including phenoxy) is 1. The fourth-order valence-electron chi connectivity index (χ4n) is 1.38. The van der Waals surface area contributed by atoms with Crippen LogP contribution in [0.5, 0.6) is 0 Å². The molecule has 1 rings (SSSR count). The number of carboxylic acids is 1. The molecule has 7 nitrogen and oxygen atoms in total. The minimum Gasteiger partial charge on any atom is -0.479 e. The molecule has 0 aliphatic heterocycles. The Kier molecular flexibility index (Phi) is 4.66. The highest BCUT2D eigenvalue weighted by molar-refractivity contribution is 5.91. The van der Waals surface area contributed by atoms with Gasteiger partial charge in [-0.05, 0) is 13.8 Å². The van der Waals surface area contributed by atoms with Crippen LogP contribution < -0.4 is 5.32 Å². The van der Waals surface area contributed by atoms with Gasteiger partial charge < -0.3 is 15.2 Å². The van der Waals surface area contributed by atoms with E-state index >= 15 is 0 Å². The van der Waals surface area contributed by atoms with Gasteiger partial charge in [0, 0.05) is 19.4 Å². The van der Waals surface area contributed by atoms with Crippen LogP contribution in [0.2, 0.25) is 0 Å². The lowest BCUT2D eigenvalue weighted by atomic mass is 10.1. The second-order valence-corrected chi connectivity index (χ2v) is 4.86. The number of anilines is 1. The summed E-state index contributed by atoms with van der Waals surface area (Å²) < 4.78 is 6.19. The van der Waals surface area contributed by atoms with Gasteiger partial charge in [-0.2, -0.15) is 5.10 Å². The SMILES string of the molecule is COCC(C)C(=O)Nc1ccn(C(C)(C)C(=O)O)n1. The Balaban J connectivity index is 2.76. The van der Waals surface area contributed by atoms with E-state index in [1.165, 1.54) is 31.8 Å². The van der Waals surface area contributed by atoms with E-state index < -0.39 is 11.5 Å². The second kappa shape index (κ2) is 5.83. The molecule has 1 aromatic rings. The molecular formula is C12H19N3O4. The van der Waals surface area contributed by atoms with Crippen molar-refractivity contribution < 1.29 is 19.4 Å². The van der Waals surface area contributed by atoms with Crippen LogP contribution in [0.15, 0.2) is 12.3 Å². The zero-order valence-electron chi connectivity index (χ0n) is 11.5. The number of aromatic nitrogens is 2. The molecule has 0 aliphatic rings. The van der Waals surface area contributed by atoms with Crippen LogP contribution >= 0.6 is 0 Å². The van der Waals surface area contributed by atoms with Crippen molar-refractivity contribution in [2.24, 2.45) is 5.92 Å².